The van der Waals surface area contributed by atoms with Gasteiger partial charge in [-0.05, 0) is 30.7 Å². The van der Waals surface area contributed by atoms with E-state index in [1.807, 2.05) is 17.8 Å². The van der Waals surface area contributed by atoms with E-state index < -0.39 is 0 Å². The van der Waals surface area contributed by atoms with Crippen LogP contribution in [-0.4, -0.2) is 16.5 Å². The smallest absolute Gasteiger partial charge is 0.163 e. The third kappa shape index (κ3) is 1.62. The second-order valence-electron chi connectivity index (χ2n) is 3.39. The molecule has 1 aliphatic rings. The van der Waals surface area contributed by atoms with E-state index in [2.05, 4.69) is 4.98 Å². The van der Waals surface area contributed by atoms with Crippen molar-refractivity contribution in [1.29, 1.82) is 0 Å². The van der Waals surface area contributed by atoms with Crippen LogP contribution < -0.4 is 5.73 Å². The van der Waals surface area contributed by atoms with Gasteiger partial charge in [0.05, 0.1) is 11.3 Å². The molecule has 0 bridgehead atoms. The Labute approximate surface area is 87.1 Å². The number of carbonyl (C=O) groups excluding carboxylic acids is 1. The third-order valence-electron chi connectivity index (χ3n) is 2.35. The van der Waals surface area contributed by atoms with Gasteiger partial charge in [0.15, 0.2) is 5.78 Å². The van der Waals surface area contributed by atoms with Gasteiger partial charge < -0.3 is 5.73 Å². The summed E-state index contributed by atoms with van der Waals surface area (Å²) in [5.41, 5.74) is 8.50. The van der Waals surface area contributed by atoms with E-state index >= 15 is 0 Å². The molecule has 14 heavy (non-hydrogen) atoms. The van der Waals surface area contributed by atoms with E-state index in [1.165, 1.54) is 12.5 Å². The molecule has 3 nitrogen and oxygen atoms in total. The summed E-state index contributed by atoms with van der Waals surface area (Å²) in [6.07, 6.45) is 0.994. The van der Waals surface area contributed by atoms with Gasteiger partial charge in [-0.1, -0.05) is 0 Å². The van der Waals surface area contributed by atoms with Gasteiger partial charge in [-0.25, -0.2) is 4.98 Å². The molecule has 0 fully saturated rings. The van der Waals surface area contributed by atoms with Crippen molar-refractivity contribution in [3.05, 3.63) is 22.9 Å². The summed E-state index contributed by atoms with van der Waals surface area (Å²) in [7, 11) is 0. The number of aromatic nitrogens is 1. The molecule has 2 rings (SSSR count). The first-order valence-electron chi connectivity index (χ1n) is 4.55. The van der Waals surface area contributed by atoms with Gasteiger partial charge in [0, 0.05) is 5.75 Å². The van der Waals surface area contributed by atoms with Crippen LogP contribution >= 0.6 is 11.8 Å². The van der Waals surface area contributed by atoms with E-state index in [0.29, 0.717) is 11.4 Å². The number of hydrogen-bond donors (Lipinski definition) is 1. The van der Waals surface area contributed by atoms with Gasteiger partial charge >= 0.3 is 0 Å². The minimum Gasteiger partial charge on any atom is -0.383 e. The van der Waals surface area contributed by atoms with Gasteiger partial charge in [0.25, 0.3) is 0 Å². The van der Waals surface area contributed by atoms with Gasteiger partial charge in [0.2, 0.25) is 0 Å². The minimum absolute atomic E-state index is 0.00368. The summed E-state index contributed by atoms with van der Waals surface area (Å²) >= 11 is 1.86. The van der Waals surface area contributed by atoms with E-state index in [1.54, 1.807) is 0 Å². The van der Waals surface area contributed by atoms with Crippen molar-refractivity contribution in [2.24, 2.45) is 0 Å². The van der Waals surface area contributed by atoms with Crippen molar-refractivity contribution in [3.8, 4) is 0 Å². The number of nitrogens with zero attached hydrogens (tertiary/aromatic N) is 1. The van der Waals surface area contributed by atoms with E-state index in [-0.39, 0.29) is 5.78 Å². The standard InChI is InChI=1S/C10H12N2OS/c1-6(13)8-4-7-2-3-14-5-9(7)12-10(8)11/h4H,2-3,5H2,1H3,(H2,11,12). The predicted octanol–water partition coefficient (Wildman–Crippen LogP) is 1.66. The lowest BCUT2D eigenvalue weighted by atomic mass is 10.1. The summed E-state index contributed by atoms with van der Waals surface area (Å²) in [5, 5.41) is 0. The zero-order valence-electron chi connectivity index (χ0n) is 8.04. The van der Waals surface area contributed by atoms with Crippen LogP contribution in [-0.2, 0) is 12.2 Å². The normalized spacial score (nSPS) is 14.9. The molecule has 0 amide bonds. The van der Waals surface area contributed by atoms with Crippen molar-refractivity contribution >= 4 is 23.4 Å². The number of pyridine rings is 1. The number of anilines is 1. The average Bonchev–Trinajstić information content (AvgIpc) is 2.16. The predicted molar refractivity (Wildman–Crippen MR) is 58.5 cm³/mol. The van der Waals surface area contributed by atoms with Crippen molar-refractivity contribution in [3.63, 3.8) is 0 Å². The molecule has 0 saturated carbocycles. The Morgan fingerprint density at radius 1 is 1.64 bits per heavy atom. The number of ketones is 1. The van der Waals surface area contributed by atoms with Crippen LogP contribution in [0.15, 0.2) is 6.07 Å². The molecule has 0 unspecified atom stereocenters. The van der Waals surface area contributed by atoms with Crippen molar-refractivity contribution < 1.29 is 4.79 Å². The summed E-state index contributed by atoms with van der Waals surface area (Å²) in [6.45, 7) is 1.53. The van der Waals surface area contributed by atoms with Crippen LogP contribution in [0.4, 0.5) is 5.82 Å². The average molecular weight is 208 g/mol. The number of aryl methyl sites for hydroxylation is 1. The Balaban J connectivity index is 2.50. The molecule has 4 heteroatoms. The lowest BCUT2D eigenvalue weighted by Gasteiger charge is -2.15. The topological polar surface area (TPSA) is 56.0 Å². The number of nitrogen functional groups attached to an aromatic ring is 1. The molecular formula is C10H12N2OS. The van der Waals surface area contributed by atoms with Crippen molar-refractivity contribution in [2.45, 2.75) is 19.1 Å². The van der Waals surface area contributed by atoms with Gasteiger partial charge in [-0.3, -0.25) is 4.79 Å². The van der Waals surface area contributed by atoms with Gasteiger partial charge in [-0.15, -0.1) is 0 Å². The first-order chi connectivity index (χ1) is 6.68. The Kier molecular flexibility index (Phi) is 2.46. The van der Waals surface area contributed by atoms with Crippen molar-refractivity contribution in [1.82, 2.24) is 4.98 Å². The first-order valence-corrected chi connectivity index (χ1v) is 5.71. The molecule has 1 aromatic heterocycles. The SMILES string of the molecule is CC(=O)c1cc2c(nc1N)CSCC2. The molecular weight excluding hydrogens is 196 g/mol. The van der Waals surface area contributed by atoms with Crippen LogP contribution in [0.5, 0.6) is 0 Å². The zero-order chi connectivity index (χ0) is 10.1. The molecule has 0 spiro atoms. The lowest BCUT2D eigenvalue weighted by molar-refractivity contribution is 0.101. The zero-order valence-corrected chi connectivity index (χ0v) is 8.86. The number of nitrogens with two attached hydrogens (primary N) is 1. The van der Waals surface area contributed by atoms with E-state index in [4.69, 9.17) is 5.73 Å². The summed E-state index contributed by atoms with van der Waals surface area (Å²) in [4.78, 5) is 15.5. The number of hydrogen-bond acceptors (Lipinski definition) is 4. The number of Topliss-reactive ketones (excluding diaryl/α,β-unsaturated/α-hetero) is 1. The number of fused-ring (bicyclic) bond motifs is 1. The Morgan fingerprint density at radius 2 is 2.43 bits per heavy atom. The highest BCUT2D eigenvalue weighted by Crippen LogP contribution is 2.25. The molecule has 0 atom stereocenters. The number of rotatable bonds is 1. The fraction of sp³-hybridized carbons (Fsp3) is 0.400. The lowest BCUT2D eigenvalue weighted by Crippen LogP contribution is -2.11. The molecule has 1 aliphatic heterocycles. The quantitative estimate of drug-likeness (QED) is 0.713. The minimum atomic E-state index is -0.00368. The molecule has 74 valence electrons. The Bertz CT molecular complexity index is 390. The van der Waals surface area contributed by atoms with Crippen molar-refractivity contribution in [2.75, 3.05) is 11.5 Å². The molecule has 2 N–H and O–H groups in total. The highest BCUT2D eigenvalue weighted by molar-refractivity contribution is 7.98. The molecule has 0 radical (unpaired) electrons. The van der Waals surface area contributed by atoms with Gasteiger partial charge in [0.1, 0.15) is 5.82 Å². The maximum atomic E-state index is 11.2. The largest absolute Gasteiger partial charge is 0.383 e. The monoisotopic (exact) mass is 208 g/mol. The number of carbonyl (C=O) groups is 1. The van der Waals surface area contributed by atoms with E-state index in [0.717, 1.165) is 23.6 Å². The molecule has 0 saturated heterocycles. The van der Waals surface area contributed by atoms with Crippen LogP contribution in [0, 0.1) is 0 Å². The first kappa shape index (κ1) is 9.52. The molecule has 2 heterocycles. The van der Waals surface area contributed by atoms with E-state index in [9.17, 15) is 4.79 Å². The maximum absolute atomic E-state index is 11.2. The van der Waals surface area contributed by atoms with Crippen LogP contribution in [0.1, 0.15) is 28.5 Å². The Hall–Kier alpha value is -1.03. The number of thioether (sulfide) groups is 1. The highest BCUT2D eigenvalue weighted by atomic mass is 32.2. The second kappa shape index (κ2) is 3.61. The van der Waals surface area contributed by atoms with Gasteiger partial charge in [-0.2, -0.15) is 11.8 Å². The second-order valence-corrected chi connectivity index (χ2v) is 4.49. The van der Waals surface area contributed by atoms with Crippen LogP contribution in [0.3, 0.4) is 0 Å². The molecule has 0 aliphatic carbocycles. The maximum Gasteiger partial charge on any atom is 0.163 e. The van der Waals surface area contributed by atoms with Crippen LogP contribution in [0.2, 0.25) is 0 Å². The Morgan fingerprint density at radius 3 is 3.14 bits per heavy atom. The molecule has 0 aromatic carbocycles. The highest BCUT2D eigenvalue weighted by Gasteiger charge is 2.15. The summed E-state index contributed by atoms with van der Waals surface area (Å²) in [5.74, 6) is 2.39. The fourth-order valence-corrected chi connectivity index (χ4v) is 2.54. The molecule has 1 aromatic rings. The summed E-state index contributed by atoms with van der Waals surface area (Å²) in [6, 6.07) is 1.90. The third-order valence-corrected chi connectivity index (χ3v) is 3.32. The summed E-state index contributed by atoms with van der Waals surface area (Å²) < 4.78 is 0. The fourth-order valence-electron chi connectivity index (χ4n) is 1.58. The van der Waals surface area contributed by atoms with Crippen LogP contribution in [0.25, 0.3) is 0 Å².